The fourth-order valence-corrected chi connectivity index (χ4v) is 10.5. The lowest BCUT2D eigenvalue weighted by atomic mass is 10.0. The van der Waals surface area contributed by atoms with Crippen LogP contribution in [0.1, 0.15) is 52.7 Å². The van der Waals surface area contributed by atoms with Gasteiger partial charge < -0.3 is 24.0 Å². The summed E-state index contributed by atoms with van der Waals surface area (Å²) in [5.41, 5.74) is -21.3. The zero-order valence-corrected chi connectivity index (χ0v) is 45.6. The highest BCUT2D eigenvalue weighted by molar-refractivity contribution is 6.01. The van der Waals surface area contributed by atoms with Crippen molar-refractivity contribution in [2.45, 2.75) is 27.0 Å². The molecule has 0 atom stereocenters. The molecule has 0 aliphatic carbocycles. The summed E-state index contributed by atoms with van der Waals surface area (Å²) in [4.78, 5) is 38.8. The van der Waals surface area contributed by atoms with Crippen LogP contribution in [0.25, 0.3) is 107 Å². The first-order chi connectivity index (χ1) is 43.8. The summed E-state index contributed by atoms with van der Waals surface area (Å²) in [5.74, 6) is -51.8. The van der Waals surface area contributed by atoms with Gasteiger partial charge in [0.15, 0.2) is 87.2 Å². The quantitative estimate of drug-likeness (QED) is 0.0563. The Morgan fingerprint density at radius 2 is 0.815 bits per heavy atom. The summed E-state index contributed by atoms with van der Waals surface area (Å²) in [5, 5.41) is 7.75. The van der Waals surface area contributed by atoms with E-state index in [2.05, 4.69) is 30.2 Å². The molecule has 92 heavy (non-hydrogen) atoms. The number of H-pyrrole nitrogens is 2. The molecule has 5 aromatic carbocycles. The molecular formula is C61H27F19N8O4. The van der Waals surface area contributed by atoms with Gasteiger partial charge in [-0.15, -0.1) is 5.10 Å². The smallest absolute Gasteiger partial charge is 0.343 e. The third kappa shape index (κ3) is 9.49. The number of hydrogen-bond acceptors (Lipinski definition) is 8. The van der Waals surface area contributed by atoms with Crippen molar-refractivity contribution in [2.75, 3.05) is 6.61 Å². The number of esters is 1. The maximum Gasteiger partial charge on any atom is 0.343 e. The lowest BCUT2D eigenvalue weighted by molar-refractivity contribution is 0.0524. The lowest BCUT2D eigenvalue weighted by Gasteiger charge is -2.14. The van der Waals surface area contributed by atoms with Gasteiger partial charge in [0, 0.05) is 62.4 Å². The number of carbonyl (C=O) groups excluding carboxylic acids is 1. The molecule has 8 bridgehead atoms. The molecule has 0 amide bonds. The Labute approximate surface area is 498 Å². The first kappa shape index (κ1) is 61.2. The van der Waals surface area contributed by atoms with Gasteiger partial charge in [0.05, 0.1) is 69.0 Å². The Morgan fingerprint density at radius 3 is 1.17 bits per heavy atom. The van der Waals surface area contributed by atoms with Crippen LogP contribution in [0.4, 0.5) is 83.4 Å². The predicted molar refractivity (Wildman–Crippen MR) is 289 cm³/mol. The number of benzene rings is 5. The van der Waals surface area contributed by atoms with Crippen molar-refractivity contribution < 1.29 is 97.7 Å². The maximum absolute atomic E-state index is 17.1. The van der Waals surface area contributed by atoms with E-state index in [1.807, 2.05) is 0 Å². The molecule has 12 nitrogen and oxygen atoms in total. The van der Waals surface area contributed by atoms with Crippen molar-refractivity contribution in [3.63, 3.8) is 0 Å². The molecule has 468 valence electrons. The molecule has 7 heterocycles. The second-order valence-corrected chi connectivity index (χ2v) is 19.8. The molecule has 0 unspecified atom stereocenters. The van der Waals surface area contributed by atoms with E-state index in [-0.39, 0.29) is 28.9 Å². The topological polar surface area (TPSA) is 146 Å². The molecule has 0 radical (unpaired) electrons. The molecule has 2 aliphatic rings. The van der Waals surface area contributed by atoms with Crippen LogP contribution in [-0.4, -0.2) is 52.1 Å². The van der Waals surface area contributed by atoms with Gasteiger partial charge in [-0.25, -0.2) is 94.1 Å². The number of aromatic nitrogens is 8. The lowest BCUT2D eigenvalue weighted by Crippen LogP contribution is -2.21. The zero-order chi connectivity index (χ0) is 66.0. The number of hydrogen-bond donors (Lipinski definition) is 2. The van der Waals surface area contributed by atoms with Crippen molar-refractivity contribution in [1.82, 2.24) is 39.5 Å². The molecule has 12 rings (SSSR count). The highest BCUT2D eigenvalue weighted by Gasteiger charge is 2.36. The molecule has 31 heteroatoms. The summed E-state index contributed by atoms with van der Waals surface area (Å²) in [7, 11) is 0. The number of carbonyl (C=O) groups is 1. The van der Waals surface area contributed by atoms with Crippen LogP contribution < -0.4 is 10.2 Å². The van der Waals surface area contributed by atoms with Gasteiger partial charge in [-0.05, 0) is 80.6 Å². The molecule has 0 fully saturated rings. The Morgan fingerprint density at radius 1 is 0.457 bits per heavy atom. The van der Waals surface area contributed by atoms with Crippen LogP contribution in [0.15, 0.2) is 59.7 Å². The second-order valence-electron chi connectivity index (χ2n) is 19.8. The Bertz CT molecular complexity index is 5070. The van der Waals surface area contributed by atoms with E-state index in [9.17, 15) is 22.8 Å². The first-order valence-corrected chi connectivity index (χ1v) is 26.3. The van der Waals surface area contributed by atoms with E-state index in [4.69, 9.17) is 9.47 Å². The van der Waals surface area contributed by atoms with E-state index in [1.165, 1.54) is 31.3 Å². The number of pyridine rings is 1. The van der Waals surface area contributed by atoms with Gasteiger partial charge in [0.2, 0.25) is 34.5 Å². The van der Waals surface area contributed by atoms with E-state index >= 15 is 70.2 Å². The standard InChI is InChI=1S/C61H27F19N8O4/c1-3-87-17-22(61(90)91-4-2)59(89)21-15-20(5-14-31(21)87)88-16-19(85-86-88)18-92-60-57(79)46(68)39(47(69)58(60)80)35-29-12-10-27(83-29)33(37-42(64)50(72)55(77)51(73)43(37)65)25-8-6-23(81-25)32(36-40(62)48(70)54(76)49(71)41(36)63)24-7-9-26(82-24)34(28-11-13-30(35)84-28)38-44(66)52(74)56(78)53(75)45(38)67/h5-17,81,84H,3-4,18H2,1-2H3. The van der Waals surface area contributed by atoms with Gasteiger partial charge in [0.1, 0.15) is 17.9 Å². The van der Waals surface area contributed by atoms with Crippen molar-refractivity contribution in [2.24, 2.45) is 0 Å². The van der Waals surface area contributed by atoms with Crippen molar-refractivity contribution in [3.8, 4) is 55.9 Å². The van der Waals surface area contributed by atoms with Gasteiger partial charge in [-0.3, -0.25) is 4.79 Å². The number of aryl methyl sites for hydroxylation is 1. The van der Waals surface area contributed by atoms with Crippen LogP contribution in [0.2, 0.25) is 0 Å². The van der Waals surface area contributed by atoms with Gasteiger partial charge in [-0.1, -0.05) is 5.21 Å². The normalized spacial score (nSPS) is 12.1. The Hall–Kier alpha value is -11.0. The summed E-state index contributed by atoms with van der Waals surface area (Å²) in [6, 6.07) is 6.89. The Balaban J connectivity index is 1.11. The second kappa shape index (κ2) is 22.8. The summed E-state index contributed by atoms with van der Waals surface area (Å²) in [6.45, 7) is 2.48. The number of fused-ring (bicyclic) bond motifs is 9. The average Bonchev–Trinajstić information content (AvgIpc) is 1.59. The average molecular weight is 1300 g/mol. The third-order valence-electron chi connectivity index (χ3n) is 14.7. The predicted octanol–water partition coefficient (Wildman–Crippen LogP) is 15.6. The number of aromatic amines is 2. The van der Waals surface area contributed by atoms with Crippen LogP contribution >= 0.6 is 0 Å². The first-order valence-electron chi connectivity index (χ1n) is 26.3. The number of nitrogens with one attached hydrogen (secondary N) is 2. The van der Waals surface area contributed by atoms with E-state index in [1.54, 1.807) is 11.5 Å². The number of nitrogens with zero attached hydrogens (tertiary/aromatic N) is 6. The summed E-state index contributed by atoms with van der Waals surface area (Å²) < 4.78 is 312. The van der Waals surface area contributed by atoms with Crippen LogP contribution in [-0.2, 0) is 17.9 Å². The van der Waals surface area contributed by atoms with E-state index in [0.717, 1.165) is 10.9 Å². The minimum atomic E-state index is -2.73. The molecule has 0 spiro atoms. The Kier molecular flexibility index (Phi) is 15.2. The van der Waals surface area contributed by atoms with Crippen molar-refractivity contribution >= 4 is 63.2 Å². The number of halogens is 19. The van der Waals surface area contributed by atoms with E-state index < -0.39 is 224 Å². The van der Waals surface area contributed by atoms with Crippen LogP contribution in [0, 0.1) is 111 Å². The fraction of sp³-hybridized carbons (Fsp3) is 0.0820. The minimum Gasteiger partial charge on any atom is -0.481 e. The summed E-state index contributed by atoms with van der Waals surface area (Å²) in [6.07, 6.45) is 4.90. The van der Waals surface area contributed by atoms with Gasteiger partial charge in [-0.2, -0.15) is 8.78 Å². The molecular weight excluding hydrogens is 1270 g/mol. The molecule has 0 saturated carbocycles. The largest absolute Gasteiger partial charge is 0.481 e. The van der Waals surface area contributed by atoms with Gasteiger partial charge in [0.25, 0.3) is 0 Å². The number of ether oxygens (including phenoxy) is 2. The maximum atomic E-state index is 17.1. The number of rotatable bonds is 11. The van der Waals surface area contributed by atoms with Crippen molar-refractivity contribution in [3.05, 3.63) is 210 Å². The summed E-state index contributed by atoms with van der Waals surface area (Å²) >= 11 is 0. The van der Waals surface area contributed by atoms with Gasteiger partial charge >= 0.3 is 5.97 Å². The SMILES string of the molecule is CCOC(=O)c1cn(CC)c2ccc(-n3cc(COc4c(F)c(F)c(-c5c6nc(c(-c7c(F)c(F)c(F)c(F)c7F)c7ccc([nH]7)c(-c7c(F)c(F)c(F)c(F)c7F)c7nc(c(-c8c(F)c(F)c(F)c(F)c8F)c8ccc5[nH]8)C=C7)C=C6)c(F)c4F)nn3)cc2c1=O. The zero-order valence-electron chi connectivity index (χ0n) is 45.6. The van der Waals surface area contributed by atoms with Crippen molar-refractivity contribution in [1.29, 1.82) is 0 Å². The third-order valence-corrected chi connectivity index (χ3v) is 14.7. The van der Waals surface area contributed by atoms with E-state index in [0.29, 0.717) is 60.6 Å². The molecule has 2 aliphatic heterocycles. The minimum absolute atomic E-state index is 0.0175. The van der Waals surface area contributed by atoms with Crippen LogP contribution in [0.3, 0.4) is 0 Å². The fourth-order valence-electron chi connectivity index (χ4n) is 10.5. The highest BCUT2D eigenvalue weighted by Crippen LogP contribution is 2.46. The molecule has 0 saturated heterocycles. The van der Waals surface area contributed by atoms with Crippen LogP contribution in [0.5, 0.6) is 5.75 Å². The monoisotopic (exact) mass is 1300 g/mol. The highest BCUT2D eigenvalue weighted by atomic mass is 19.2. The molecule has 10 aromatic rings. The molecule has 5 aromatic heterocycles. The molecule has 2 N–H and O–H groups in total.